The first-order chi connectivity index (χ1) is 9.70. The van der Waals surface area contributed by atoms with Gasteiger partial charge in [0.05, 0.1) is 24.5 Å². The molecule has 102 valence electrons. The van der Waals surface area contributed by atoms with E-state index in [0.717, 1.165) is 28.2 Å². The van der Waals surface area contributed by atoms with Gasteiger partial charge in [0, 0.05) is 0 Å². The minimum absolute atomic E-state index is 0.342. The summed E-state index contributed by atoms with van der Waals surface area (Å²) < 4.78 is 15.9. The van der Waals surface area contributed by atoms with Gasteiger partial charge >= 0.3 is 0 Å². The lowest BCUT2D eigenvalue weighted by Gasteiger charge is -2.04. The summed E-state index contributed by atoms with van der Waals surface area (Å²) in [5, 5.41) is 3.87. The molecule has 2 N–H and O–H groups in total. The molecule has 0 bridgehead atoms. The van der Waals surface area contributed by atoms with Crippen LogP contribution in [0, 0.1) is 6.92 Å². The van der Waals surface area contributed by atoms with E-state index in [1.807, 2.05) is 37.3 Å². The number of nitrogens with zero attached hydrogens (tertiary/aromatic N) is 1. The molecule has 0 unspecified atom stereocenters. The molecule has 2 heterocycles. The summed E-state index contributed by atoms with van der Waals surface area (Å²) in [6.07, 6.45) is 1.61. The average molecular weight is 270 g/mol. The number of rotatable bonds is 3. The van der Waals surface area contributed by atoms with Crippen molar-refractivity contribution in [2.45, 2.75) is 6.92 Å². The Morgan fingerprint density at radius 3 is 2.80 bits per heavy atom. The van der Waals surface area contributed by atoms with E-state index in [-0.39, 0.29) is 0 Å². The number of aromatic nitrogens is 1. The van der Waals surface area contributed by atoms with E-state index in [2.05, 4.69) is 5.16 Å². The second kappa shape index (κ2) is 4.77. The largest absolute Gasteiger partial charge is 0.497 e. The van der Waals surface area contributed by atoms with Crippen LogP contribution in [0.4, 0.5) is 5.82 Å². The molecule has 0 aliphatic carbocycles. The molecule has 0 amide bonds. The Kier molecular flexibility index (Phi) is 2.95. The van der Waals surface area contributed by atoms with Crippen molar-refractivity contribution in [2.75, 3.05) is 12.8 Å². The quantitative estimate of drug-likeness (QED) is 0.788. The van der Waals surface area contributed by atoms with Crippen LogP contribution in [0.1, 0.15) is 5.76 Å². The average Bonchev–Trinajstić information content (AvgIpc) is 3.04. The summed E-state index contributed by atoms with van der Waals surface area (Å²) in [5.74, 6) is 2.44. The van der Waals surface area contributed by atoms with Gasteiger partial charge in [0.15, 0.2) is 11.6 Å². The van der Waals surface area contributed by atoms with Crippen LogP contribution in [0.2, 0.25) is 0 Å². The summed E-state index contributed by atoms with van der Waals surface area (Å²) >= 11 is 0. The van der Waals surface area contributed by atoms with Crippen molar-refractivity contribution in [3.63, 3.8) is 0 Å². The molecular formula is C15H14N2O3. The monoisotopic (exact) mass is 270 g/mol. The van der Waals surface area contributed by atoms with Crippen molar-refractivity contribution < 1.29 is 13.7 Å². The third-order valence-corrected chi connectivity index (χ3v) is 3.18. The van der Waals surface area contributed by atoms with E-state index < -0.39 is 0 Å². The van der Waals surface area contributed by atoms with E-state index in [1.165, 1.54) is 0 Å². The fraction of sp³-hybridized carbons (Fsp3) is 0.133. The first-order valence-electron chi connectivity index (χ1n) is 6.14. The topological polar surface area (TPSA) is 74.4 Å². The number of hydrogen-bond acceptors (Lipinski definition) is 5. The highest BCUT2D eigenvalue weighted by atomic mass is 16.5. The van der Waals surface area contributed by atoms with Gasteiger partial charge in [-0.15, -0.1) is 0 Å². The molecule has 0 aliphatic heterocycles. The Hall–Kier alpha value is -2.69. The van der Waals surface area contributed by atoms with Crippen molar-refractivity contribution in [1.29, 1.82) is 0 Å². The van der Waals surface area contributed by atoms with E-state index in [9.17, 15) is 0 Å². The van der Waals surface area contributed by atoms with Gasteiger partial charge in [-0.2, -0.15) is 0 Å². The molecule has 0 radical (unpaired) electrons. The fourth-order valence-corrected chi connectivity index (χ4v) is 2.16. The molecule has 0 saturated heterocycles. The van der Waals surface area contributed by atoms with Crippen molar-refractivity contribution >= 4 is 5.82 Å². The molecular weight excluding hydrogens is 256 g/mol. The number of hydrogen-bond donors (Lipinski definition) is 1. The van der Waals surface area contributed by atoms with Gasteiger partial charge in [0.2, 0.25) is 0 Å². The molecule has 5 heteroatoms. The van der Waals surface area contributed by atoms with Crippen LogP contribution in [-0.2, 0) is 0 Å². The molecule has 0 atom stereocenters. The zero-order valence-electron chi connectivity index (χ0n) is 11.2. The predicted octanol–water partition coefficient (Wildman–Crippen LogP) is 3.50. The van der Waals surface area contributed by atoms with Crippen molar-refractivity contribution in [2.24, 2.45) is 0 Å². The molecule has 3 rings (SSSR count). The minimum Gasteiger partial charge on any atom is -0.497 e. The van der Waals surface area contributed by atoms with Gasteiger partial charge in [0.1, 0.15) is 11.5 Å². The molecule has 1 aromatic carbocycles. The summed E-state index contributed by atoms with van der Waals surface area (Å²) in [4.78, 5) is 0. The third-order valence-electron chi connectivity index (χ3n) is 3.18. The zero-order chi connectivity index (χ0) is 14.1. The van der Waals surface area contributed by atoms with Crippen molar-refractivity contribution in [1.82, 2.24) is 5.16 Å². The molecule has 0 spiro atoms. The lowest BCUT2D eigenvalue weighted by molar-refractivity contribution is 0.415. The van der Waals surface area contributed by atoms with Crippen LogP contribution in [0.5, 0.6) is 5.75 Å². The van der Waals surface area contributed by atoms with Crippen LogP contribution >= 0.6 is 0 Å². The first kappa shape index (κ1) is 12.3. The number of anilines is 1. The SMILES string of the molecule is COc1cccc(-c2c(N)noc2-c2ccoc2C)c1. The Bertz CT molecular complexity index is 743. The highest BCUT2D eigenvalue weighted by Crippen LogP contribution is 2.39. The van der Waals surface area contributed by atoms with E-state index >= 15 is 0 Å². The van der Waals surface area contributed by atoms with Crippen molar-refractivity contribution in [3.8, 4) is 28.2 Å². The summed E-state index contributed by atoms with van der Waals surface area (Å²) in [7, 11) is 1.62. The third kappa shape index (κ3) is 1.93. The standard InChI is InChI=1S/C15H14N2O3/c1-9-12(6-7-19-9)14-13(15(16)17-20-14)10-4-3-5-11(8-10)18-2/h3-8H,1-2H3,(H2,16,17). The molecule has 0 aliphatic rings. The maximum Gasteiger partial charge on any atom is 0.180 e. The highest BCUT2D eigenvalue weighted by molar-refractivity contribution is 5.87. The maximum absolute atomic E-state index is 5.94. The van der Waals surface area contributed by atoms with Gasteiger partial charge in [-0.3, -0.25) is 0 Å². The number of nitrogen functional groups attached to an aromatic ring is 1. The summed E-state index contributed by atoms with van der Waals surface area (Å²) in [6.45, 7) is 1.86. The number of benzene rings is 1. The maximum atomic E-state index is 5.94. The lowest BCUT2D eigenvalue weighted by Crippen LogP contribution is -1.90. The Morgan fingerprint density at radius 1 is 1.25 bits per heavy atom. The first-order valence-corrected chi connectivity index (χ1v) is 6.14. The molecule has 0 fully saturated rings. The number of aryl methyl sites for hydroxylation is 1. The predicted molar refractivity (Wildman–Crippen MR) is 75.3 cm³/mol. The summed E-state index contributed by atoms with van der Waals surface area (Å²) in [5.41, 5.74) is 8.42. The molecule has 3 aromatic rings. The minimum atomic E-state index is 0.342. The smallest absolute Gasteiger partial charge is 0.180 e. The van der Waals surface area contributed by atoms with Gasteiger partial charge in [-0.25, -0.2) is 0 Å². The summed E-state index contributed by atoms with van der Waals surface area (Å²) in [6, 6.07) is 9.42. The van der Waals surface area contributed by atoms with Gasteiger partial charge in [-0.1, -0.05) is 17.3 Å². The number of nitrogens with two attached hydrogens (primary N) is 1. The Labute approximate surface area is 115 Å². The molecule has 2 aromatic heterocycles. The Balaban J connectivity index is 2.19. The van der Waals surface area contributed by atoms with Crippen LogP contribution in [0.25, 0.3) is 22.5 Å². The normalized spacial score (nSPS) is 10.7. The van der Waals surface area contributed by atoms with Gasteiger partial charge in [0.25, 0.3) is 0 Å². The molecule has 0 saturated carbocycles. The number of furan rings is 1. The molecule has 20 heavy (non-hydrogen) atoms. The van der Waals surface area contributed by atoms with Crippen LogP contribution in [-0.4, -0.2) is 12.3 Å². The highest BCUT2D eigenvalue weighted by Gasteiger charge is 2.20. The van der Waals surface area contributed by atoms with Crippen molar-refractivity contribution in [3.05, 3.63) is 42.4 Å². The lowest BCUT2D eigenvalue weighted by atomic mass is 10.0. The number of ether oxygens (including phenoxy) is 1. The van der Waals surface area contributed by atoms with Crippen LogP contribution < -0.4 is 10.5 Å². The molecule has 5 nitrogen and oxygen atoms in total. The van der Waals surface area contributed by atoms with Gasteiger partial charge in [-0.05, 0) is 30.7 Å². The second-order valence-corrected chi connectivity index (χ2v) is 4.39. The number of methoxy groups -OCH3 is 1. The van der Waals surface area contributed by atoms with E-state index in [4.69, 9.17) is 19.4 Å². The van der Waals surface area contributed by atoms with E-state index in [0.29, 0.717) is 11.6 Å². The van der Waals surface area contributed by atoms with Crippen LogP contribution in [0.15, 0.2) is 45.5 Å². The Morgan fingerprint density at radius 2 is 2.10 bits per heavy atom. The van der Waals surface area contributed by atoms with Crippen LogP contribution in [0.3, 0.4) is 0 Å². The second-order valence-electron chi connectivity index (χ2n) is 4.39. The fourth-order valence-electron chi connectivity index (χ4n) is 2.16. The van der Waals surface area contributed by atoms with E-state index in [1.54, 1.807) is 13.4 Å². The zero-order valence-corrected chi connectivity index (χ0v) is 11.2. The van der Waals surface area contributed by atoms with Gasteiger partial charge < -0.3 is 19.4 Å².